The average molecular weight is 396 g/mol. The largest absolute Gasteiger partial charge is 0.496 e. The number of allylic oxidation sites excluding steroid dienone is 1. The zero-order chi connectivity index (χ0) is 19.7. The molecule has 28 heavy (non-hydrogen) atoms. The normalized spacial score (nSPS) is 14.7. The highest BCUT2D eigenvalue weighted by Gasteiger charge is 2.18. The van der Waals surface area contributed by atoms with Crippen molar-refractivity contribution in [2.45, 2.75) is 19.8 Å². The molecule has 0 aliphatic carbocycles. The van der Waals surface area contributed by atoms with Gasteiger partial charge in [-0.25, -0.2) is 0 Å². The third kappa shape index (κ3) is 3.52. The minimum absolute atomic E-state index is 0.0577. The van der Waals surface area contributed by atoms with Crippen LogP contribution in [0.4, 0.5) is 0 Å². The molecule has 1 aromatic heterocycles. The van der Waals surface area contributed by atoms with E-state index in [-0.39, 0.29) is 5.91 Å². The summed E-state index contributed by atoms with van der Waals surface area (Å²) in [7, 11) is 1.63. The van der Waals surface area contributed by atoms with Crippen molar-refractivity contribution in [1.29, 1.82) is 0 Å². The van der Waals surface area contributed by atoms with Gasteiger partial charge in [0.15, 0.2) is 0 Å². The number of amides is 1. The third-order valence-electron chi connectivity index (χ3n) is 5.23. The summed E-state index contributed by atoms with van der Waals surface area (Å²) in [5.74, 6) is 0.745. The molecular formula is C23H22ClNO3. The second-order valence-corrected chi connectivity index (χ2v) is 7.50. The van der Waals surface area contributed by atoms with E-state index in [2.05, 4.69) is 0 Å². The highest BCUT2D eigenvalue weighted by molar-refractivity contribution is 6.30. The minimum Gasteiger partial charge on any atom is -0.496 e. The van der Waals surface area contributed by atoms with E-state index in [1.165, 1.54) is 0 Å². The number of fused-ring (bicyclic) bond motifs is 1. The number of benzene rings is 2. The van der Waals surface area contributed by atoms with Crippen molar-refractivity contribution in [3.8, 4) is 16.9 Å². The fraction of sp³-hybridized carbons (Fsp3) is 0.261. The number of rotatable bonds is 4. The predicted molar refractivity (Wildman–Crippen MR) is 113 cm³/mol. The van der Waals surface area contributed by atoms with Gasteiger partial charge in [-0.2, -0.15) is 0 Å². The first kappa shape index (κ1) is 18.6. The van der Waals surface area contributed by atoms with Crippen molar-refractivity contribution in [2.75, 3.05) is 20.2 Å². The number of ether oxygens (including phenoxy) is 1. The lowest BCUT2D eigenvalue weighted by Gasteiger charge is -2.14. The number of furan rings is 1. The lowest BCUT2D eigenvalue weighted by molar-refractivity contribution is -0.124. The number of hydrogen-bond donors (Lipinski definition) is 0. The van der Waals surface area contributed by atoms with Crippen LogP contribution in [0.1, 0.15) is 25.3 Å². The van der Waals surface area contributed by atoms with Crippen molar-refractivity contribution in [2.24, 2.45) is 0 Å². The molecule has 2 heterocycles. The number of carbonyl (C=O) groups excluding carboxylic acids is 1. The van der Waals surface area contributed by atoms with E-state index in [1.807, 2.05) is 48.2 Å². The van der Waals surface area contributed by atoms with Gasteiger partial charge in [0.25, 0.3) is 0 Å². The first-order chi connectivity index (χ1) is 13.6. The van der Waals surface area contributed by atoms with Crippen LogP contribution in [0.15, 0.2) is 53.2 Å². The van der Waals surface area contributed by atoms with E-state index in [0.717, 1.165) is 59.2 Å². The van der Waals surface area contributed by atoms with Crippen LogP contribution in [-0.4, -0.2) is 31.0 Å². The molecule has 3 aromatic rings. The van der Waals surface area contributed by atoms with Gasteiger partial charge in [0.1, 0.15) is 11.3 Å². The molecular weight excluding hydrogens is 374 g/mol. The molecule has 1 fully saturated rings. The van der Waals surface area contributed by atoms with Crippen molar-refractivity contribution in [3.63, 3.8) is 0 Å². The Bertz CT molecular complexity index is 1040. The third-order valence-corrected chi connectivity index (χ3v) is 5.49. The van der Waals surface area contributed by atoms with E-state index < -0.39 is 0 Å². The summed E-state index contributed by atoms with van der Waals surface area (Å²) in [6, 6.07) is 11.6. The molecule has 0 unspecified atom stereocenters. The average Bonchev–Trinajstić information content (AvgIpc) is 3.37. The topological polar surface area (TPSA) is 42.7 Å². The van der Waals surface area contributed by atoms with Gasteiger partial charge in [-0.15, -0.1) is 0 Å². The molecule has 0 saturated carbocycles. The molecule has 4 nitrogen and oxygen atoms in total. The maximum Gasteiger partial charge on any atom is 0.246 e. The van der Waals surface area contributed by atoms with E-state index in [4.69, 9.17) is 20.8 Å². The van der Waals surface area contributed by atoms with Gasteiger partial charge in [-0.1, -0.05) is 23.7 Å². The van der Waals surface area contributed by atoms with Crippen molar-refractivity contribution in [1.82, 2.24) is 4.90 Å². The van der Waals surface area contributed by atoms with Crippen LogP contribution in [0, 0.1) is 0 Å². The predicted octanol–water partition coefficient (Wildman–Crippen LogP) is 5.79. The SMILES string of the molecule is COc1cc2occ(-c3ccc(Cl)cc3)c2cc1/C(C)=C/C(=O)N1CCCC1. The van der Waals surface area contributed by atoms with Crippen LogP contribution < -0.4 is 4.74 Å². The number of hydrogen-bond acceptors (Lipinski definition) is 3. The molecule has 144 valence electrons. The number of halogens is 1. The Morgan fingerprint density at radius 3 is 2.57 bits per heavy atom. The molecule has 0 atom stereocenters. The lowest BCUT2D eigenvalue weighted by atomic mass is 9.99. The van der Waals surface area contributed by atoms with Crippen LogP contribution in [0.2, 0.25) is 5.02 Å². The highest BCUT2D eigenvalue weighted by Crippen LogP contribution is 2.37. The fourth-order valence-corrected chi connectivity index (χ4v) is 3.80. The fourth-order valence-electron chi connectivity index (χ4n) is 3.68. The van der Waals surface area contributed by atoms with Gasteiger partial charge in [-0.3, -0.25) is 4.79 Å². The Hall–Kier alpha value is -2.72. The monoisotopic (exact) mass is 395 g/mol. The number of likely N-dealkylation sites (tertiary alicyclic amines) is 1. The molecule has 0 spiro atoms. The molecule has 0 N–H and O–H groups in total. The summed E-state index contributed by atoms with van der Waals surface area (Å²) in [5.41, 5.74) is 4.51. The van der Waals surface area contributed by atoms with Gasteiger partial charge in [0.05, 0.1) is 13.4 Å². The van der Waals surface area contributed by atoms with Gasteiger partial charge in [0.2, 0.25) is 5.91 Å². The maximum atomic E-state index is 12.5. The van der Waals surface area contributed by atoms with Gasteiger partial charge >= 0.3 is 0 Å². The molecule has 1 aliphatic heterocycles. The van der Waals surface area contributed by atoms with Gasteiger partial charge in [-0.05, 0) is 49.1 Å². The van der Waals surface area contributed by atoms with Gasteiger partial charge < -0.3 is 14.1 Å². The summed E-state index contributed by atoms with van der Waals surface area (Å²) >= 11 is 6.02. The van der Waals surface area contributed by atoms with E-state index in [0.29, 0.717) is 10.8 Å². The Morgan fingerprint density at radius 1 is 1.18 bits per heavy atom. The Morgan fingerprint density at radius 2 is 1.89 bits per heavy atom. The molecule has 0 radical (unpaired) electrons. The summed E-state index contributed by atoms with van der Waals surface area (Å²) in [5, 5.41) is 1.66. The zero-order valence-electron chi connectivity index (χ0n) is 16.0. The summed E-state index contributed by atoms with van der Waals surface area (Å²) in [6.07, 6.45) is 5.60. The number of nitrogens with zero attached hydrogens (tertiary/aromatic N) is 1. The number of carbonyl (C=O) groups is 1. The second-order valence-electron chi connectivity index (χ2n) is 7.06. The number of methoxy groups -OCH3 is 1. The molecule has 0 bridgehead atoms. The molecule has 2 aromatic carbocycles. The van der Waals surface area contributed by atoms with Gasteiger partial charge in [0, 0.05) is 46.8 Å². The van der Waals surface area contributed by atoms with Crippen molar-refractivity contribution >= 4 is 34.1 Å². The standard InChI is InChI=1S/C23H22ClNO3/c1-15(11-23(26)25-9-3-4-10-25)18-12-19-20(16-5-7-17(24)8-6-16)14-28-22(19)13-21(18)27-2/h5-8,11-14H,3-4,9-10H2,1-2H3/b15-11+. The quantitative estimate of drug-likeness (QED) is 0.525. The van der Waals surface area contributed by atoms with E-state index in [1.54, 1.807) is 19.4 Å². The van der Waals surface area contributed by atoms with Crippen LogP contribution in [0.5, 0.6) is 5.75 Å². The van der Waals surface area contributed by atoms with Crippen LogP contribution in [0.25, 0.3) is 27.7 Å². The molecule has 1 saturated heterocycles. The van der Waals surface area contributed by atoms with Crippen molar-refractivity contribution in [3.05, 3.63) is 59.3 Å². The smallest absolute Gasteiger partial charge is 0.246 e. The van der Waals surface area contributed by atoms with Crippen LogP contribution in [0.3, 0.4) is 0 Å². The Kier molecular flexibility index (Phi) is 5.14. The molecule has 5 heteroatoms. The minimum atomic E-state index is 0.0577. The zero-order valence-corrected chi connectivity index (χ0v) is 16.8. The van der Waals surface area contributed by atoms with Crippen LogP contribution >= 0.6 is 11.6 Å². The molecule has 1 amide bonds. The Balaban J connectivity index is 1.77. The summed E-state index contributed by atoms with van der Waals surface area (Å²) in [4.78, 5) is 14.4. The van der Waals surface area contributed by atoms with Crippen molar-refractivity contribution < 1.29 is 13.9 Å². The molecule has 4 rings (SSSR count). The lowest BCUT2D eigenvalue weighted by Crippen LogP contribution is -2.25. The first-order valence-electron chi connectivity index (χ1n) is 9.39. The van der Waals surface area contributed by atoms with E-state index in [9.17, 15) is 4.79 Å². The Labute approximate surface area is 169 Å². The summed E-state index contributed by atoms with van der Waals surface area (Å²) in [6.45, 7) is 3.61. The second kappa shape index (κ2) is 7.72. The molecule has 1 aliphatic rings. The first-order valence-corrected chi connectivity index (χ1v) is 9.77. The van der Waals surface area contributed by atoms with E-state index >= 15 is 0 Å². The van der Waals surface area contributed by atoms with Crippen LogP contribution in [-0.2, 0) is 4.79 Å². The highest BCUT2D eigenvalue weighted by atomic mass is 35.5. The maximum absolute atomic E-state index is 12.5. The summed E-state index contributed by atoms with van der Waals surface area (Å²) < 4.78 is 11.3.